The normalized spacial score (nSPS) is 19.2. The predicted octanol–water partition coefficient (Wildman–Crippen LogP) is 0.998. The Hall–Kier alpha value is -2.05. The molecule has 0 spiro atoms. The number of aromatic nitrogens is 3. The zero-order chi connectivity index (χ0) is 15.2. The number of rotatable bonds is 5. The molecule has 3 rings (SSSR count). The molecule has 116 valence electrons. The minimum Gasteiger partial charge on any atom is -0.376 e. The van der Waals surface area contributed by atoms with E-state index in [9.17, 15) is 4.79 Å². The molecule has 2 aromatic heterocycles. The molecule has 1 fully saturated rings. The van der Waals surface area contributed by atoms with E-state index in [1.165, 1.54) is 6.33 Å². The molecule has 0 aromatic carbocycles. The number of nitrogens with one attached hydrogen (secondary N) is 1. The second-order valence-electron chi connectivity index (χ2n) is 5.49. The van der Waals surface area contributed by atoms with Gasteiger partial charge in [-0.2, -0.15) is 0 Å². The zero-order valence-electron chi connectivity index (χ0n) is 12.4. The summed E-state index contributed by atoms with van der Waals surface area (Å²) in [6.07, 6.45) is 5.08. The molecule has 22 heavy (non-hydrogen) atoms. The summed E-state index contributed by atoms with van der Waals surface area (Å²) >= 11 is 0. The lowest BCUT2D eigenvalue weighted by Crippen LogP contribution is -2.42. The van der Waals surface area contributed by atoms with Crippen molar-refractivity contribution in [3.05, 3.63) is 58.5 Å². The van der Waals surface area contributed by atoms with Gasteiger partial charge >= 0.3 is 0 Å². The maximum absolute atomic E-state index is 11.3. The summed E-state index contributed by atoms with van der Waals surface area (Å²) in [4.78, 5) is 24.7. The largest absolute Gasteiger partial charge is 0.376 e. The van der Waals surface area contributed by atoms with Crippen LogP contribution in [0.3, 0.4) is 0 Å². The average Bonchev–Trinajstić information content (AvgIpc) is 2.54. The van der Waals surface area contributed by atoms with E-state index in [2.05, 4.69) is 19.9 Å². The second kappa shape index (κ2) is 7.29. The van der Waals surface area contributed by atoms with Crippen LogP contribution in [0, 0.1) is 0 Å². The quantitative estimate of drug-likeness (QED) is 0.892. The van der Waals surface area contributed by atoms with Crippen LogP contribution < -0.4 is 5.56 Å². The molecule has 1 saturated heterocycles. The Bertz CT molecular complexity index is 644. The van der Waals surface area contributed by atoms with Crippen molar-refractivity contribution in [3.8, 4) is 0 Å². The van der Waals surface area contributed by atoms with Crippen molar-refractivity contribution in [1.29, 1.82) is 0 Å². The van der Waals surface area contributed by atoms with E-state index < -0.39 is 0 Å². The standard InChI is InChI=1S/C16H20N4O2/c21-16-9-13(18-12-19-16)4-5-15-11-20(7-8-22-15)10-14-3-1-2-6-17-14/h1-3,6,9,12,15H,4-5,7-8,10-11H2,(H,18,19,21)/t15-/m1/s1. The number of morpholine rings is 1. The van der Waals surface area contributed by atoms with Gasteiger partial charge in [0.2, 0.25) is 0 Å². The second-order valence-corrected chi connectivity index (χ2v) is 5.49. The maximum Gasteiger partial charge on any atom is 0.250 e. The van der Waals surface area contributed by atoms with Crippen molar-refractivity contribution in [3.63, 3.8) is 0 Å². The smallest absolute Gasteiger partial charge is 0.250 e. The molecule has 1 aliphatic rings. The van der Waals surface area contributed by atoms with Crippen LogP contribution in [0.2, 0.25) is 0 Å². The van der Waals surface area contributed by atoms with Crippen LogP contribution in [0.4, 0.5) is 0 Å². The van der Waals surface area contributed by atoms with E-state index in [1.807, 2.05) is 24.4 Å². The number of H-pyrrole nitrogens is 1. The molecule has 6 heteroatoms. The first-order valence-electron chi connectivity index (χ1n) is 7.57. The summed E-state index contributed by atoms with van der Waals surface area (Å²) in [5.41, 5.74) is 1.79. The van der Waals surface area contributed by atoms with Crippen LogP contribution in [0.25, 0.3) is 0 Å². The highest BCUT2D eigenvalue weighted by atomic mass is 16.5. The molecule has 3 heterocycles. The van der Waals surface area contributed by atoms with Gasteiger partial charge in [-0.25, -0.2) is 4.98 Å². The minimum atomic E-state index is -0.105. The topological polar surface area (TPSA) is 71.1 Å². The van der Waals surface area contributed by atoms with Gasteiger partial charge in [0.1, 0.15) is 0 Å². The summed E-state index contributed by atoms with van der Waals surface area (Å²) < 4.78 is 5.82. The first-order chi connectivity index (χ1) is 10.8. The van der Waals surface area contributed by atoms with E-state index in [1.54, 1.807) is 6.07 Å². The third-order valence-corrected chi connectivity index (χ3v) is 3.79. The molecule has 1 aliphatic heterocycles. The minimum absolute atomic E-state index is 0.105. The van der Waals surface area contributed by atoms with Gasteiger partial charge in [0.05, 0.1) is 24.7 Å². The average molecular weight is 300 g/mol. The fraction of sp³-hybridized carbons (Fsp3) is 0.438. The molecule has 0 saturated carbocycles. The SMILES string of the molecule is O=c1cc(CC[C@@H]2CN(Cc3ccccn3)CCO2)nc[nH]1. The van der Waals surface area contributed by atoms with Gasteiger partial charge in [-0.3, -0.25) is 14.7 Å². The number of hydrogen-bond donors (Lipinski definition) is 1. The Morgan fingerprint density at radius 2 is 2.27 bits per heavy atom. The van der Waals surface area contributed by atoms with Crippen molar-refractivity contribution < 1.29 is 4.74 Å². The molecule has 0 amide bonds. The first-order valence-corrected chi connectivity index (χ1v) is 7.57. The first kappa shape index (κ1) is 14.9. The molecular formula is C16H20N4O2. The van der Waals surface area contributed by atoms with Crippen LogP contribution in [-0.4, -0.2) is 45.7 Å². The fourth-order valence-corrected chi connectivity index (χ4v) is 2.67. The van der Waals surface area contributed by atoms with Crippen LogP contribution in [0.1, 0.15) is 17.8 Å². The Morgan fingerprint density at radius 1 is 1.32 bits per heavy atom. The van der Waals surface area contributed by atoms with E-state index in [4.69, 9.17) is 4.74 Å². The predicted molar refractivity (Wildman–Crippen MR) is 82.4 cm³/mol. The van der Waals surface area contributed by atoms with Gasteiger partial charge in [0.15, 0.2) is 0 Å². The number of pyridine rings is 1. The number of nitrogens with zero attached hydrogens (tertiary/aromatic N) is 3. The zero-order valence-corrected chi connectivity index (χ0v) is 12.4. The monoisotopic (exact) mass is 300 g/mol. The van der Waals surface area contributed by atoms with Crippen molar-refractivity contribution in [2.45, 2.75) is 25.5 Å². The summed E-state index contributed by atoms with van der Waals surface area (Å²) in [5.74, 6) is 0. The number of aromatic amines is 1. The molecule has 2 aromatic rings. The highest BCUT2D eigenvalue weighted by molar-refractivity contribution is 5.03. The Morgan fingerprint density at radius 3 is 3.09 bits per heavy atom. The van der Waals surface area contributed by atoms with Crippen LogP contribution in [0.5, 0.6) is 0 Å². The van der Waals surface area contributed by atoms with Gasteiger partial charge in [0.25, 0.3) is 5.56 Å². The van der Waals surface area contributed by atoms with Crippen molar-refractivity contribution in [2.75, 3.05) is 19.7 Å². The highest BCUT2D eigenvalue weighted by Gasteiger charge is 2.20. The molecule has 0 bridgehead atoms. The van der Waals surface area contributed by atoms with Crippen LogP contribution in [-0.2, 0) is 17.7 Å². The molecular weight excluding hydrogens is 280 g/mol. The molecule has 0 aliphatic carbocycles. The van der Waals surface area contributed by atoms with E-state index in [-0.39, 0.29) is 11.7 Å². The molecule has 1 atom stereocenters. The highest BCUT2D eigenvalue weighted by Crippen LogP contribution is 2.13. The number of ether oxygens (including phenoxy) is 1. The lowest BCUT2D eigenvalue weighted by molar-refractivity contribution is -0.0350. The lowest BCUT2D eigenvalue weighted by Gasteiger charge is -2.32. The number of hydrogen-bond acceptors (Lipinski definition) is 5. The Kier molecular flexibility index (Phi) is 4.92. The lowest BCUT2D eigenvalue weighted by atomic mass is 10.1. The van der Waals surface area contributed by atoms with E-state index in [0.29, 0.717) is 0 Å². The van der Waals surface area contributed by atoms with Crippen molar-refractivity contribution in [2.24, 2.45) is 0 Å². The van der Waals surface area contributed by atoms with Crippen LogP contribution in [0.15, 0.2) is 41.6 Å². The third-order valence-electron chi connectivity index (χ3n) is 3.79. The van der Waals surface area contributed by atoms with Crippen molar-refractivity contribution >= 4 is 0 Å². The number of aryl methyl sites for hydroxylation is 1. The van der Waals surface area contributed by atoms with Gasteiger partial charge in [-0.15, -0.1) is 0 Å². The van der Waals surface area contributed by atoms with Gasteiger partial charge < -0.3 is 9.72 Å². The molecule has 1 N–H and O–H groups in total. The van der Waals surface area contributed by atoms with E-state index in [0.717, 1.165) is 50.5 Å². The third kappa shape index (κ3) is 4.22. The summed E-state index contributed by atoms with van der Waals surface area (Å²) in [7, 11) is 0. The summed E-state index contributed by atoms with van der Waals surface area (Å²) in [6.45, 7) is 3.40. The van der Waals surface area contributed by atoms with Gasteiger partial charge in [-0.1, -0.05) is 6.07 Å². The van der Waals surface area contributed by atoms with Crippen LogP contribution >= 0.6 is 0 Å². The Balaban J connectivity index is 1.51. The molecule has 0 radical (unpaired) electrons. The van der Waals surface area contributed by atoms with Gasteiger partial charge in [0, 0.05) is 37.6 Å². The maximum atomic E-state index is 11.3. The van der Waals surface area contributed by atoms with E-state index >= 15 is 0 Å². The summed E-state index contributed by atoms with van der Waals surface area (Å²) in [6, 6.07) is 7.54. The molecule has 6 nitrogen and oxygen atoms in total. The molecule has 0 unspecified atom stereocenters. The summed E-state index contributed by atoms with van der Waals surface area (Å²) in [5, 5.41) is 0. The fourth-order valence-electron chi connectivity index (χ4n) is 2.67. The van der Waals surface area contributed by atoms with Crippen molar-refractivity contribution in [1.82, 2.24) is 19.9 Å². The Labute approximate surface area is 129 Å². The van der Waals surface area contributed by atoms with Gasteiger partial charge in [-0.05, 0) is 25.0 Å².